The second-order valence-corrected chi connectivity index (χ2v) is 7.17. The van der Waals surface area contributed by atoms with E-state index in [9.17, 15) is 4.79 Å². The Labute approximate surface area is 163 Å². The van der Waals surface area contributed by atoms with Crippen molar-refractivity contribution >= 4 is 29.0 Å². The molecule has 4 nitrogen and oxygen atoms in total. The van der Waals surface area contributed by atoms with Crippen LogP contribution in [0.1, 0.15) is 27.0 Å². The summed E-state index contributed by atoms with van der Waals surface area (Å²) < 4.78 is 0. The Balaban J connectivity index is 1.46. The molecule has 0 saturated carbocycles. The molecule has 136 valence electrons. The highest BCUT2D eigenvalue weighted by molar-refractivity contribution is 6.31. The quantitative estimate of drug-likeness (QED) is 0.709. The molecule has 1 N–H and O–H groups in total. The van der Waals surface area contributed by atoms with Gasteiger partial charge in [0.1, 0.15) is 5.82 Å². The average Bonchev–Trinajstić information content (AvgIpc) is 2.70. The van der Waals surface area contributed by atoms with Crippen LogP contribution in [-0.4, -0.2) is 17.4 Å². The lowest BCUT2D eigenvalue weighted by Gasteiger charge is -2.29. The van der Waals surface area contributed by atoms with Crippen molar-refractivity contribution in [2.45, 2.75) is 19.9 Å². The van der Waals surface area contributed by atoms with Crippen LogP contribution >= 0.6 is 11.6 Å². The lowest BCUT2D eigenvalue weighted by atomic mass is 10.00. The number of hydrogen-bond donors (Lipinski definition) is 1. The van der Waals surface area contributed by atoms with Crippen LogP contribution < -0.4 is 10.2 Å². The lowest BCUT2D eigenvalue weighted by Crippen LogP contribution is -2.31. The number of benzene rings is 2. The van der Waals surface area contributed by atoms with Gasteiger partial charge < -0.3 is 10.2 Å². The summed E-state index contributed by atoms with van der Waals surface area (Å²) in [6.45, 7) is 3.70. The van der Waals surface area contributed by atoms with Crippen molar-refractivity contribution in [2.24, 2.45) is 0 Å². The molecule has 27 heavy (non-hydrogen) atoms. The van der Waals surface area contributed by atoms with E-state index >= 15 is 0 Å². The minimum absolute atomic E-state index is 0.196. The van der Waals surface area contributed by atoms with Crippen LogP contribution in [0.2, 0.25) is 5.02 Å². The van der Waals surface area contributed by atoms with Gasteiger partial charge in [-0.05, 0) is 54.3 Å². The molecule has 2 heterocycles. The number of nitrogens with zero attached hydrogens (tertiary/aromatic N) is 2. The summed E-state index contributed by atoms with van der Waals surface area (Å²) >= 11 is 6.12. The Bertz CT molecular complexity index is 985. The highest BCUT2D eigenvalue weighted by Crippen LogP contribution is 2.24. The molecule has 0 aliphatic carbocycles. The van der Waals surface area contributed by atoms with Crippen LogP contribution in [-0.2, 0) is 13.0 Å². The normalized spacial score (nSPS) is 13.2. The first-order chi connectivity index (χ1) is 13.1. The number of aromatic nitrogens is 1. The molecule has 2 aromatic carbocycles. The predicted octanol–water partition coefficient (Wildman–Crippen LogP) is 4.86. The van der Waals surface area contributed by atoms with Gasteiger partial charge in [0, 0.05) is 30.0 Å². The fourth-order valence-electron chi connectivity index (χ4n) is 3.27. The number of amides is 1. The topological polar surface area (TPSA) is 45.2 Å². The van der Waals surface area contributed by atoms with E-state index in [1.807, 2.05) is 31.2 Å². The number of fused-ring (bicyclic) bond motifs is 1. The van der Waals surface area contributed by atoms with Gasteiger partial charge in [-0.15, -0.1) is 0 Å². The fourth-order valence-corrected chi connectivity index (χ4v) is 3.45. The van der Waals surface area contributed by atoms with E-state index in [0.717, 1.165) is 30.9 Å². The Kier molecular flexibility index (Phi) is 4.82. The van der Waals surface area contributed by atoms with E-state index in [0.29, 0.717) is 16.3 Å². The zero-order chi connectivity index (χ0) is 18.8. The number of carbonyl (C=O) groups is 1. The second-order valence-electron chi connectivity index (χ2n) is 6.76. The van der Waals surface area contributed by atoms with E-state index in [2.05, 4.69) is 39.5 Å². The largest absolute Gasteiger partial charge is 0.352 e. The van der Waals surface area contributed by atoms with Gasteiger partial charge in [0.15, 0.2) is 0 Å². The minimum Gasteiger partial charge on any atom is -0.352 e. The summed E-state index contributed by atoms with van der Waals surface area (Å²) in [4.78, 5) is 19.2. The highest BCUT2D eigenvalue weighted by Gasteiger charge is 2.17. The van der Waals surface area contributed by atoms with Crippen molar-refractivity contribution in [1.29, 1.82) is 0 Å². The zero-order valence-electron chi connectivity index (χ0n) is 15.1. The van der Waals surface area contributed by atoms with Crippen LogP contribution in [0, 0.1) is 6.92 Å². The Morgan fingerprint density at radius 1 is 1.11 bits per heavy atom. The van der Waals surface area contributed by atoms with Crippen molar-refractivity contribution in [2.75, 3.05) is 16.8 Å². The molecule has 0 bridgehead atoms. The summed E-state index contributed by atoms with van der Waals surface area (Å²) in [6.07, 6.45) is 2.63. The van der Waals surface area contributed by atoms with E-state index in [-0.39, 0.29) is 5.91 Å². The molecule has 1 aliphatic heterocycles. The van der Waals surface area contributed by atoms with E-state index in [1.165, 1.54) is 11.1 Å². The number of pyridine rings is 1. The number of halogens is 1. The molecule has 0 saturated heterocycles. The second kappa shape index (κ2) is 7.41. The van der Waals surface area contributed by atoms with Crippen LogP contribution in [0.25, 0.3) is 0 Å². The summed E-state index contributed by atoms with van der Waals surface area (Å²) in [7, 11) is 0. The number of anilines is 2. The number of aryl methyl sites for hydroxylation is 1. The van der Waals surface area contributed by atoms with Crippen molar-refractivity contribution in [3.05, 3.63) is 88.1 Å². The maximum absolute atomic E-state index is 12.5. The molecule has 0 radical (unpaired) electrons. The number of carbonyl (C=O) groups excluding carboxylic acids is 1. The van der Waals surface area contributed by atoms with Crippen LogP contribution in [0.5, 0.6) is 0 Å². The van der Waals surface area contributed by atoms with Crippen molar-refractivity contribution < 1.29 is 4.79 Å². The molecule has 0 unspecified atom stereocenters. The maximum Gasteiger partial charge on any atom is 0.257 e. The average molecular weight is 378 g/mol. The van der Waals surface area contributed by atoms with E-state index < -0.39 is 0 Å². The molecule has 0 atom stereocenters. The summed E-state index contributed by atoms with van der Waals surface area (Å²) in [5, 5.41) is 3.49. The third kappa shape index (κ3) is 3.81. The third-order valence-electron chi connectivity index (χ3n) is 4.89. The van der Waals surface area contributed by atoms with Gasteiger partial charge in [-0.1, -0.05) is 41.9 Å². The van der Waals surface area contributed by atoms with Crippen molar-refractivity contribution in [3.8, 4) is 0 Å². The standard InChI is InChI=1S/C22H20ClN3O/c1-15-6-8-19(12-20(15)23)25-22(27)17-7-9-21(24-13-17)26-11-10-16-4-2-3-5-18(16)14-26/h2-9,12-13H,10-11,14H2,1H3,(H,25,27). The monoisotopic (exact) mass is 377 g/mol. The molecular weight excluding hydrogens is 358 g/mol. The molecule has 5 heteroatoms. The van der Waals surface area contributed by atoms with E-state index in [4.69, 9.17) is 11.6 Å². The molecule has 0 fully saturated rings. The predicted molar refractivity (Wildman–Crippen MR) is 110 cm³/mol. The van der Waals surface area contributed by atoms with Gasteiger partial charge in [-0.2, -0.15) is 0 Å². The fraction of sp³-hybridized carbons (Fsp3) is 0.182. The first-order valence-electron chi connectivity index (χ1n) is 8.95. The SMILES string of the molecule is Cc1ccc(NC(=O)c2ccc(N3CCc4ccccc4C3)nc2)cc1Cl. The summed E-state index contributed by atoms with van der Waals surface area (Å²) in [6, 6.07) is 17.7. The van der Waals surface area contributed by atoms with Gasteiger partial charge in [0.05, 0.1) is 5.56 Å². The molecule has 1 amide bonds. The van der Waals surface area contributed by atoms with Gasteiger partial charge >= 0.3 is 0 Å². The zero-order valence-corrected chi connectivity index (χ0v) is 15.8. The van der Waals surface area contributed by atoms with Gasteiger partial charge in [0.2, 0.25) is 0 Å². The molecule has 1 aliphatic rings. The smallest absolute Gasteiger partial charge is 0.257 e. The van der Waals surface area contributed by atoms with Gasteiger partial charge in [-0.3, -0.25) is 4.79 Å². The van der Waals surface area contributed by atoms with E-state index in [1.54, 1.807) is 12.3 Å². The van der Waals surface area contributed by atoms with Crippen molar-refractivity contribution in [3.63, 3.8) is 0 Å². The molecule has 3 aromatic rings. The van der Waals surface area contributed by atoms with Crippen LogP contribution in [0.3, 0.4) is 0 Å². The van der Waals surface area contributed by atoms with Gasteiger partial charge in [-0.25, -0.2) is 4.98 Å². The minimum atomic E-state index is -0.196. The lowest BCUT2D eigenvalue weighted by molar-refractivity contribution is 0.102. The Morgan fingerprint density at radius 2 is 1.93 bits per heavy atom. The first-order valence-corrected chi connectivity index (χ1v) is 9.33. The third-order valence-corrected chi connectivity index (χ3v) is 5.30. The maximum atomic E-state index is 12.5. The molecule has 1 aromatic heterocycles. The summed E-state index contributed by atoms with van der Waals surface area (Å²) in [5.41, 5.74) is 4.91. The summed E-state index contributed by atoms with van der Waals surface area (Å²) in [5.74, 6) is 0.692. The van der Waals surface area contributed by atoms with Gasteiger partial charge in [0.25, 0.3) is 5.91 Å². The Morgan fingerprint density at radius 3 is 2.67 bits per heavy atom. The Hall–Kier alpha value is -2.85. The highest BCUT2D eigenvalue weighted by atomic mass is 35.5. The number of rotatable bonds is 3. The first kappa shape index (κ1) is 17.6. The molecule has 0 spiro atoms. The number of nitrogens with one attached hydrogen (secondary N) is 1. The number of hydrogen-bond acceptors (Lipinski definition) is 3. The molecular formula is C22H20ClN3O. The van der Waals surface area contributed by atoms with Crippen molar-refractivity contribution in [1.82, 2.24) is 4.98 Å². The van der Waals surface area contributed by atoms with Crippen LogP contribution in [0.15, 0.2) is 60.8 Å². The molecule has 4 rings (SSSR count). The van der Waals surface area contributed by atoms with Crippen LogP contribution in [0.4, 0.5) is 11.5 Å².